The van der Waals surface area contributed by atoms with Crippen molar-refractivity contribution >= 4 is 5.69 Å². The molecule has 1 saturated carbocycles. The minimum Gasteiger partial charge on any atom is -0.367 e. The third-order valence-electron chi connectivity index (χ3n) is 3.73. The Morgan fingerprint density at radius 2 is 1.89 bits per heavy atom. The molecule has 0 aromatic heterocycles. The molecule has 0 radical (unpaired) electrons. The van der Waals surface area contributed by atoms with Crippen molar-refractivity contribution in [2.24, 2.45) is 5.92 Å². The van der Waals surface area contributed by atoms with Crippen LogP contribution in [0.5, 0.6) is 0 Å². The Labute approximate surface area is 107 Å². The van der Waals surface area contributed by atoms with Gasteiger partial charge in [0, 0.05) is 19.6 Å². The van der Waals surface area contributed by atoms with Gasteiger partial charge in [0.05, 0.1) is 0 Å². The van der Waals surface area contributed by atoms with E-state index in [-0.39, 0.29) is 11.7 Å². The summed E-state index contributed by atoms with van der Waals surface area (Å²) in [5.74, 6) is -0.378. The van der Waals surface area contributed by atoms with Gasteiger partial charge < -0.3 is 10.2 Å². The SMILES string of the molecule is CNCc1cc(F)c(N(C)C(C)C2CC2)c(F)c1. The number of hydrogen-bond acceptors (Lipinski definition) is 2. The molecule has 1 aromatic rings. The first-order valence-electron chi connectivity index (χ1n) is 6.40. The van der Waals surface area contributed by atoms with Crippen LogP contribution in [0.3, 0.4) is 0 Å². The van der Waals surface area contributed by atoms with E-state index in [1.54, 1.807) is 19.0 Å². The maximum absolute atomic E-state index is 14.0. The zero-order valence-corrected chi connectivity index (χ0v) is 11.1. The average molecular weight is 254 g/mol. The molecule has 1 aliphatic rings. The van der Waals surface area contributed by atoms with Crippen molar-refractivity contribution in [1.29, 1.82) is 0 Å². The number of halogens is 2. The Hall–Kier alpha value is -1.16. The summed E-state index contributed by atoms with van der Waals surface area (Å²) in [4.78, 5) is 1.73. The van der Waals surface area contributed by atoms with E-state index in [2.05, 4.69) is 5.32 Å². The van der Waals surface area contributed by atoms with Gasteiger partial charge in [0.15, 0.2) is 0 Å². The van der Waals surface area contributed by atoms with Gasteiger partial charge in [-0.25, -0.2) is 8.78 Å². The summed E-state index contributed by atoms with van der Waals surface area (Å²) in [6, 6.07) is 3.00. The molecular weight excluding hydrogens is 234 g/mol. The van der Waals surface area contributed by atoms with Crippen molar-refractivity contribution in [2.45, 2.75) is 32.4 Å². The molecule has 1 atom stereocenters. The van der Waals surface area contributed by atoms with Crippen LogP contribution in [0.25, 0.3) is 0 Å². The summed E-state index contributed by atoms with van der Waals surface area (Å²) < 4.78 is 28.0. The lowest BCUT2D eigenvalue weighted by Gasteiger charge is -2.28. The van der Waals surface area contributed by atoms with Crippen molar-refractivity contribution in [1.82, 2.24) is 5.32 Å². The highest BCUT2D eigenvalue weighted by atomic mass is 19.1. The van der Waals surface area contributed by atoms with Crippen LogP contribution >= 0.6 is 0 Å². The number of hydrogen-bond donors (Lipinski definition) is 1. The van der Waals surface area contributed by atoms with Crippen molar-refractivity contribution < 1.29 is 8.78 Å². The van der Waals surface area contributed by atoms with Crippen molar-refractivity contribution in [2.75, 3.05) is 19.0 Å². The van der Waals surface area contributed by atoms with Crippen molar-refractivity contribution in [3.63, 3.8) is 0 Å². The predicted molar refractivity (Wildman–Crippen MR) is 69.7 cm³/mol. The Morgan fingerprint density at radius 1 is 1.33 bits per heavy atom. The smallest absolute Gasteiger partial charge is 0.149 e. The van der Waals surface area contributed by atoms with E-state index in [0.29, 0.717) is 18.0 Å². The summed E-state index contributed by atoms with van der Waals surface area (Å²) >= 11 is 0. The highest BCUT2D eigenvalue weighted by Gasteiger charge is 2.32. The van der Waals surface area contributed by atoms with E-state index in [1.165, 1.54) is 12.1 Å². The zero-order chi connectivity index (χ0) is 13.3. The first-order chi connectivity index (χ1) is 8.54. The molecule has 0 heterocycles. The molecule has 1 aliphatic carbocycles. The number of rotatable bonds is 5. The van der Waals surface area contributed by atoms with E-state index < -0.39 is 11.6 Å². The van der Waals surface area contributed by atoms with Crippen molar-refractivity contribution in [3.05, 3.63) is 29.3 Å². The molecule has 18 heavy (non-hydrogen) atoms. The summed E-state index contributed by atoms with van der Waals surface area (Å²) in [6.07, 6.45) is 2.32. The standard InChI is InChI=1S/C14H20F2N2/c1-9(11-4-5-11)18(3)14-12(15)6-10(8-17-2)7-13(14)16/h6-7,9,11,17H,4-5,8H2,1-3H3. The maximum atomic E-state index is 14.0. The van der Waals surface area contributed by atoms with Gasteiger partial charge in [0.25, 0.3) is 0 Å². The van der Waals surface area contributed by atoms with Crippen molar-refractivity contribution in [3.8, 4) is 0 Å². The van der Waals surface area contributed by atoms with E-state index in [1.807, 2.05) is 6.92 Å². The van der Waals surface area contributed by atoms with Crippen LogP contribution in [0.2, 0.25) is 0 Å². The third-order valence-corrected chi connectivity index (χ3v) is 3.73. The summed E-state index contributed by atoms with van der Waals surface area (Å²) in [6.45, 7) is 2.49. The van der Waals surface area contributed by atoms with Gasteiger partial charge in [-0.1, -0.05) is 0 Å². The molecule has 2 nitrogen and oxygen atoms in total. The lowest BCUT2D eigenvalue weighted by molar-refractivity contribution is 0.540. The molecule has 1 unspecified atom stereocenters. The maximum Gasteiger partial charge on any atom is 0.149 e. The largest absolute Gasteiger partial charge is 0.367 e. The summed E-state index contributed by atoms with van der Waals surface area (Å²) in [5.41, 5.74) is 0.720. The van der Waals surface area contributed by atoms with Gasteiger partial charge in [-0.15, -0.1) is 0 Å². The number of nitrogens with one attached hydrogen (secondary N) is 1. The van der Waals surface area contributed by atoms with Gasteiger partial charge in [0.1, 0.15) is 17.3 Å². The van der Waals surface area contributed by atoms with Gasteiger partial charge in [-0.3, -0.25) is 0 Å². The lowest BCUT2D eigenvalue weighted by Crippen LogP contribution is -2.32. The number of anilines is 1. The van der Waals surface area contributed by atoms with E-state index in [0.717, 1.165) is 12.8 Å². The Kier molecular flexibility index (Phi) is 3.85. The van der Waals surface area contributed by atoms with E-state index in [9.17, 15) is 8.78 Å². The molecule has 0 bridgehead atoms. The van der Waals surface area contributed by atoms with Gasteiger partial charge in [-0.05, 0) is 50.4 Å². The summed E-state index contributed by atoms with van der Waals surface area (Å²) in [5, 5.41) is 2.89. The van der Waals surface area contributed by atoms with Crippen LogP contribution in [0, 0.1) is 17.6 Å². The molecule has 0 spiro atoms. The van der Waals surface area contributed by atoms with E-state index in [4.69, 9.17) is 0 Å². The van der Waals surface area contributed by atoms with Crippen LogP contribution in [-0.4, -0.2) is 20.1 Å². The number of benzene rings is 1. The second-order valence-electron chi connectivity index (χ2n) is 5.13. The first kappa shape index (κ1) is 13.3. The van der Waals surface area contributed by atoms with Crippen LogP contribution in [0.1, 0.15) is 25.3 Å². The molecule has 4 heteroatoms. The van der Waals surface area contributed by atoms with Crippen LogP contribution in [0.4, 0.5) is 14.5 Å². The molecule has 0 saturated heterocycles. The fourth-order valence-corrected chi connectivity index (χ4v) is 2.36. The minimum atomic E-state index is -0.477. The molecule has 1 fully saturated rings. The lowest BCUT2D eigenvalue weighted by atomic mass is 10.1. The highest BCUT2D eigenvalue weighted by molar-refractivity contribution is 5.51. The molecule has 2 rings (SSSR count). The van der Waals surface area contributed by atoms with Gasteiger partial charge in [-0.2, -0.15) is 0 Å². The van der Waals surface area contributed by atoms with E-state index >= 15 is 0 Å². The quantitative estimate of drug-likeness (QED) is 0.869. The minimum absolute atomic E-state index is 0.0919. The molecular formula is C14H20F2N2. The molecule has 1 N–H and O–H groups in total. The zero-order valence-electron chi connectivity index (χ0n) is 11.1. The number of nitrogens with zero attached hydrogens (tertiary/aromatic N) is 1. The first-order valence-corrected chi connectivity index (χ1v) is 6.40. The molecule has 0 aliphatic heterocycles. The fraction of sp³-hybridized carbons (Fsp3) is 0.571. The monoisotopic (exact) mass is 254 g/mol. The van der Waals surface area contributed by atoms with Crippen LogP contribution in [-0.2, 0) is 6.54 Å². The highest BCUT2D eigenvalue weighted by Crippen LogP contribution is 2.37. The molecule has 0 amide bonds. The second kappa shape index (κ2) is 5.22. The molecule has 100 valence electrons. The average Bonchev–Trinajstić information content (AvgIpc) is 3.11. The second-order valence-corrected chi connectivity index (χ2v) is 5.13. The van der Waals surface area contributed by atoms with Gasteiger partial charge >= 0.3 is 0 Å². The fourth-order valence-electron chi connectivity index (χ4n) is 2.36. The van der Waals surface area contributed by atoms with Gasteiger partial charge in [0.2, 0.25) is 0 Å². The topological polar surface area (TPSA) is 15.3 Å². The normalized spacial score (nSPS) is 16.7. The summed E-state index contributed by atoms with van der Waals surface area (Å²) in [7, 11) is 3.52. The Bertz CT molecular complexity index is 407. The molecule has 1 aromatic carbocycles. The predicted octanol–water partition coefficient (Wildman–Crippen LogP) is 2.92. The van der Waals surface area contributed by atoms with Crippen LogP contribution < -0.4 is 10.2 Å². The van der Waals surface area contributed by atoms with Crippen LogP contribution in [0.15, 0.2) is 12.1 Å². The Balaban J connectivity index is 2.26. The third kappa shape index (κ3) is 2.64. The Morgan fingerprint density at radius 3 is 2.33 bits per heavy atom.